The number of hydrogen-bond donors (Lipinski definition) is 4. The summed E-state index contributed by atoms with van der Waals surface area (Å²) >= 11 is 0. The van der Waals surface area contributed by atoms with E-state index in [1.807, 2.05) is 5.32 Å². The molecule has 2 atom stereocenters. The fourth-order valence-electron chi connectivity index (χ4n) is 1.46. The number of rotatable bonds is 6. The predicted octanol–water partition coefficient (Wildman–Crippen LogP) is 1.24. The van der Waals surface area contributed by atoms with Crippen LogP contribution in [0.3, 0.4) is 0 Å². The lowest BCUT2D eigenvalue weighted by atomic mass is 10.2. The van der Waals surface area contributed by atoms with Crippen molar-refractivity contribution in [3.8, 4) is 5.75 Å². The van der Waals surface area contributed by atoms with E-state index in [2.05, 4.69) is 10.1 Å². The highest BCUT2D eigenvalue weighted by Crippen LogP contribution is 2.25. The minimum Gasteiger partial charge on any atom is -0.480 e. The maximum atomic E-state index is 12.2. The number of carboxylic acid groups (broad SMARTS) is 1. The maximum absolute atomic E-state index is 12.2. The lowest BCUT2D eigenvalue weighted by Gasteiger charge is -2.18. The van der Waals surface area contributed by atoms with Crippen LogP contribution >= 0.6 is 0 Å². The molecule has 21 heavy (non-hydrogen) atoms. The van der Waals surface area contributed by atoms with Crippen molar-refractivity contribution in [1.29, 1.82) is 0 Å². The molecule has 9 heteroatoms. The van der Waals surface area contributed by atoms with Crippen LogP contribution in [-0.2, 0) is 4.79 Å². The van der Waals surface area contributed by atoms with Crippen molar-refractivity contribution in [1.82, 2.24) is 5.32 Å². The highest BCUT2D eigenvalue weighted by atomic mass is 19.3. The summed E-state index contributed by atoms with van der Waals surface area (Å²) in [6.07, 6.45) is -1.33. The molecule has 0 radical (unpaired) electrons. The first-order valence-corrected chi connectivity index (χ1v) is 5.83. The van der Waals surface area contributed by atoms with E-state index in [0.29, 0.717) is 0 Å². The molecule has 2 amide bonds. The number of alkyl halides is 2. The molecule has 0 aromatic heterocycles. The van der Waals surface area contributed by atoms with Gasteiger partial charge in [-0.3, -0.25) is 0 Å². The van der Waals surface area contributed by atoms with Gasteiger partial charge in [-0.1, -0.05) is 12.1 Å². The van der Waals surface area contributed by atoms with Crippen LogP contribution in [0.1, 0.15) is 6.92 Å². The van der Waals surface area contributed by atoms with E-state index >= 15 is 0 Å². The van der Waals surface area contributed by atoms with Crippen molar-refractivity contribution >= 4 is 17.7 Å². The van der Waals surface area contributed by atoms with Gasteiger partial charge in [0.05, 0.1) is 11.8 Å². The third-order valence-electron chi connectivity index (χ3n) is 2.39. The first-order chi connectivity index (χ1) is 9.81. The number of nitrogens with one attached hydrogen (secondary N) is 2. The highest BCUT2D eigenvalue weighted by molar-refractivity contribution is 5.93. The van der Waals surface area contributed by atoms with Gasteiger partial charge in [-0.25, -0.2) is 9.59 Å². The van der Waals surface area contributed by atoms with Gasteiger partial charge in [0.15, 0.2) is 6.04 Å². The third-order valence-corrected chi connectivity index (χ3v) is 2.39. The second kappa shape index (κ2) is 7.39. The van der Waals surface area contributed by atoms with Crippen LogP contribution in [0.2, 0.25) is 0 Å². The number of halogens is 2. The second-order valence-corrected chi connectivity index (χ2v) is 4.03. The summed E-state index contributed by atoms with van der Waals surface area (Å²) in [5.41, 5.74) is -0.0648. The number of benzene rings is 1. The topological polar surface area (TPSA) is 108 Å². The Morgan fingerprint density at radius 1 is 1.29 bits per heavy atom. The van der Waals surface area contributed by atoms with E-state index in [9.17, 15) is 23.5 Å². The number of ether oxygens (including phenoxy) is 1. The fourth-order valence-corrected chi connectivity index (χ4v) is 1.46. The lowest BCUT2D eigenvalue weighted by molar-refractivity contribution is -0.141. The van der Waals surface area contributed by atoms with Crippen molar-refractivity contribution in [2.75, 3.05) is 5.32 Å². The van der Waals surface area contributed by atoms with Crippen LogP contribution in [0.5, 0.6) is 5.75 Å². The van der Waals surface area contributed by atoms with E-state index in [1.54, 1.807) is 0 Å². The van der Waals surface area contributed by atoms with E-state index in [1.165, 1.54) is 31.2 Å². The molecule has 4 N–H and O–H groups in total. The van der Waals surface area contributed by atoms with Gasteiger partial charge in [-0.2, -0.15) is 8.78 Å². The number of urea groups is 1. The Morgan fingerprint density at radius 3 is 2.43 bits per heavy atom. The standard InChI is InChI=1S/C12H14F2N2O5/c1-6(17)9(10(18)19)16-12(20)15-7-4-2-3-5-8(7)21-11(13)14/h2-6,9,11,17H,1H3,(H,18,19)(H2,15,16,20). The van der Waals surface area contributed by atoms with Crippen LogP contribution in [0.4, 0.5) is 19.3 Å². The van der Waals surface area contributed by atoms with Gasteiger partial charge in [0.25, 0.3) is 0 Å². The number of aliphatic hydroxyl groups is 1. The Bertz CT molecular complexity index is 510. The molecule has 0 bridgehead atoms. The van der Waals surface area contributed by atoms with E-state index in [-0.39, 0.29) is 11.4 Å². The fraction of sp³-hybridized carbons (Fsp3) is 0.333. The van der Waals surface area contributed by atoms with Crippen molar-refractivity contribution in [3.63, 3.8) is 0 Å². The summed E-state index contributed by atoms with van der Waals surface area (Å²) in [5, 5.41) is 22.2. The Morgan fingerprint density at radius 2 is 1.90 bits per heavy atom. The van der Waals surface area contributed by atoms with Crippen LogP contribution in [0, 0.1) is 0 Å². The quantitative estimate of drug-likeness (QED) is 0.632. The number of aliphatic hydroxyl groups excluding tert-OH is 1. The average molecular weight is 304 g/mol. The van der Waals surface area contributed by atoms with Gasteiger partial charge < -0.3 is 25.6 Å². The highest BCUT2D eigenvalue weighted by Gasteiger charge is 2.25. The minimum absolute atomic E-state index is 0.0648. The van der Waals surface area contributed by atoms with Gasteiger partial charge in [0, 0.05) is 0 Å². The summed E-state index contributed by atoms with van der Waals surface area (Å²) in [6, 6.07) is 2.90. The number of para-hydroxylation sites is 2. The van der Waals surface area contributed by atoms with Crippen molar-refractivity contribution in [3.05, 3.63) is 24.3 Å². The summed E-state index contributed by atoms with van der Waals surface area (Å²) in [5.74, 6) is -1.70. The monoisotopic (exact) mass is 304 g/mol. The second-order valence-electron chi connectivity index (χ2n) is 4.03. The molecule has 0 fully saturated rings. The normalized spacial score (nSPS) is 13.4. The molecule has 0 heterocycles. The molecule has 116 valence electrons. The molecule has 0 saturated carbocycles. The molecule has 0 aliphatic rings. The zero-order chi connectivity index (χ0) is 16.0. The number of hydrogen-bond acceptors (Lipinski definition) is 4. The van der Waals surface area contributed by atoms with Gasteiger partial charge >= 0.3 is 18.6 Å². The zero-order valence-corrected chi connectivity index (χ0v) is 10.9. The van der Waals surface area contributed by atoms with Gasteiger partial charge in [0.2, 0.25) is 0 Å². The smallest absolute Gasteiger partial charge is 0.387 e. The Kier molecular flexibility index (Phi) is 5.85. The number of anilines is 1. The van der Waals surface area contributed by atoms with Crippen LogP contribution < -0.4 is 15.4 Å². The molecule has 0 aliphatic heterocycles. The first kappa shape index (κ1) is 16.6. The van der Waals surface area contributed by atoms with E-state index in [4.69, 9.17) is 5.11 Å². The minimum atomic E-state index is -3.07. The summed E-state index contributed by atoms with van der Waals surface area (Å²) < 4.78 is 28.6. The largest absolute Gasteiger partial charge is 0.480 e. The van der Waals surface area contributed by atoms with Gasteiger partial charge in [0.1, 0.15) is 5.75 Å². The molecule has 0 spiro atoms. The van der Waals surface area contributed by atoms with Crippen molar-refractivity contribution in [2.24, 2.45) is 0 Å². The van der Waals surface area contributed by atoms with Gasteiger partial charge in [-0.15, -0.1) is 0 Å². The Hall–Kier alpha value is -2.42. The summed E-state index contributed by atoms with van der Waals surface area (Å²) in [4.78, 5) is 22.4. The average Bonchev–Trinajstić information content (AvgIpc) is 2.37. The molecule has 0 saturated heterocycles. The molecule has 1 aromatic carbocycles. The number of amides is 2. The number of carbonyl (C=O) groups excluding carboxylic acids is 1. The Balaban J connectivity index is 2.77. The summed E-state index contributed by atoms with van der Waals surface area (Å²) in [7, 11) is 0. The van der Waals surface area contributed by atoms with Gasteiger partial charge in [-0.05, 0) is 19.1 Å². The molecule has 0 aliphatic carbocycles. The molecular formula is C12H14F2N2O5. The van der Waals surface area contributed by atoms with Crippen molar-refractivity contribution in [2.45, 2.75) is 25.7 Å². The maximum Gasteiger partial charge on any atom is 0.387 e. The molecule has 1 aromatic rings. The van der Waals surface area contributed by atoms with Crippen LogP contribution in [0.25, 0.3) is 0 Å². The zero-order valence-electron chi connectivity index (χ0n) is 10.9. The molecule has 2 unspecified atom stereocenters. The number of carbonyl (C=O) groups is 2. The van der Waals surface area contributed by atoms with E-state index < -0.39 is 30.8 Å². The van der Waals surface area contributed by atoms with Crippen LogP contribution in [0.15, 0.2) is 24.3 Å². The predicted molar refractivity (Wildman–Crippen MR) is 68.3 cm³/mol. The SMILES string of the molecule is CC(O)C(NC(=O)Nc1ccccc1OC(F)F)C(=O)O. The molecular weight excluding hydrogens is 290 g/mol. The Labute approximate surface area is 118 Å². The van der Waals surface area contributed by atoms with E-state index in [0.717, 1.165) is 0 Å². The lowest BCUT2D eigenvalue weighted by Crippen LogP contribution is -2.49. The molecule has 7 nitrogen and oxygen atoms in total. The van der Waals surface area contributed by atoms with Crippen molar-refractivity contribution < 1.29 is 33.3 Å². The third kappa shape index (κ3) is 5.22. The number of carboxylic acids is 1. The number of aliphatic carboxylic acids is 1. The van der Waals surface area contributed by atoms with Crippen LogP contribution in [-0.4, -0.2) is 41.0 Å². The first-order valence-electron chi connectivity index (χ1n) is 5.83. The summed E-state index contributed by atoms with van der Waals surface area (Å²) in [6.45, 7) is -1.88. The molecule has 1 rings (SSSR count).